The van der Waals surface area contributed by atoms with Crippen LogP contribution in [0.4, 0.5) is 0 Å². The van der Waals surface area contributed by atoms with Gasteiger partial charge in [0.15, 0.2) is 0 Å². The number of hydrogen-bond acceptors (Lipinski definition) is 1. The highest BCUT2D eigenvalue weighted by Gasteiger charge is 2.17. The van der Waals surface area contributed by atoms with Crippen molar-refractivity contribution < 1.29 is 0 Å². The lowest BCUT2D eigenvalue weighted by Crippen LogP contribution is -2.17. The third kappa shape index (κ3) is 1.34. The minimum Gasteiger partial charge on any atom is -0.319 e. The predicted octanol–water partition coefficient (Wildman–Crippen LogP) is 1.03. The minimum atomic E-state index is 0.806. The third-order valence-electron chi connectivity index (χ3n) is 1.60. The summed E-state index contributed by atoms with van der Waals surface area (Å²) in [4.78, 5) is 0. The quantitative estimate of drug-likeness (QED) is 0.536. The maximum atomic E-state index is 3.15. The first-order valence-electron chi connectivity index (χ1n) is 3.17. The summed E-state index contributed by atoms with van der Waals surface area (Å²) in [6, 6.07) is 0. The van der Waals surface area contributed by atoms with Gasteiger partial charge < -0.3 is 5.32 Å². The van der Waals surface area contributed by atoms with Crippen molar-refractivity contribution in [3.63, 3.8) is 0 Å². The van der Waals surface area contributed by atoms with E-state index in [1.54, 1.807) is 0 Å². The van der Waals surface area contributed by atoms with E-state index in [2.05, 4.69) is 24.4 Å². The molecule has 1 nitrogen and oxygen atoms in total. The predicted molar refractivity (Wildman–Crippen MR) is 35.7 cm³/mol. The molecule has 1 atom stereocenters. The smallest absolute Gasteiger partial charge is 0.00153 e. The third-order valence-corrected chi connectivity index (χ3v) is 1.60. The molecule has 0 aromatic rings. The van der Waals surface area contributed by atoms with Crippen LogP contribution in [0.1, 0.15) is 6.92 Å². The van der Waals surface area contributed by atoms with E-state index in [-0.39, 0.29) is 0 Å². The summed E-state index contributed by atoms with van der Waals surface area (Å²) < 4.78 is 0. The van der Waals surface area contributed by atoms with Crippen LogP contribution in [0.3, 0.4) is 0 Å². The Bertz CT molecular complexity index is 90.6. The van der Waals surface area contributed by atoms with E-state index in [1.165, 1.54) is 0 Å². The van der Waals surface area contributed by atoms with E-state index in [0.717, 1.165) is 18.4 Å². The van der Waals surface area contributed by atoms with Gasteiger partial charge in [0, 0.05) is 0 Å². The number of hydrogen-bond donors (Lipinski definition) is 1. The molecule has 1 rings (SSSR count). The van der Waals surface area contributed by atoms with Gasteiger partial charge in [-0.3, -0.25) is 0 Å². The molecule has 0 saturated carbocycles. The molecule has 0 aromatic carbocycles. The van der Waals surface area contributed by atoms with Gasteiger partial charge in [0.25, 0.3) is 0 Å². The van der Waals surface area contributed by atoms with Crippen molar-refractivity contribution in [2.45, 2.75) is 6.92 Å². The topological polar surface area (TPSA) is 12.0 Å². The zero-order valence-corrected chi connectivity index (χ0v) is 5.52. The summed E-state index contributed by atoms with van der Waals surface area (Å²) in [7, 11) is 2.00. The Labute approximate surface area is 50.8 Å². The Hall–Kier alpha value is -0.300. The Kier molecular flexibility index (Phi) is 1.69. The first kappa shape index (κ1) is 5.83. The molecule has 0 heterocycles. The summed E-state index contributed by atoms with van der Waals surface area (Å²) in [6.07, 6.45) is 4.50. The maximum Gasteiger partial charge on any atom is -0.00153 e. The maximum absolute atomic E-state index is 3.15. The van der Waals surface area contributed by atoms with Crippen LogP contribution < -0.4 is 5.32 Å². The molecular formula is C7H13N. The van der Waals surface area contributed by atoms with E-state index in [9.17, 15) is 0 Å². The fraction of sp³-hybridized carbons (Fsp3) is 0.714. The molecule has 0 aromatic heterocycles. The molecule has 0 aliphatic heterocycles. The SMILES string of the molecule is CNC[C@@H](C)C1C=C1. The Balaban J connectivity index is 2.05. The molecule has 0 fully saturated rings. The standard InChI is InChI=1S/C7H13N/c1-6(5-8-2)7-3-4-7/h3-4,6-8H,5H2,1-2H3/t6-/m1/s1. The highest BCUT2D eigenvalue weighted by atomic mass is 14.8. The monoisotopic (exact) mass is 111 g/mol. The second-order valence-electron chi connectivity index (χ2n) is 2.50. The number of allylic oxidation sites excluding steroid dienone is 2. The highest BCUT2D eigenvalue weighted by Crippen LogP contribution is 2.24. The molecule has 1 aliphatic carbocycles. The lowest BCUT2D eigenvalue weighted by Gasteiger charge is -2.06. The van der Waals surface area contributed by atoms with Crippen LogP contribution in [0.25, 0.3) is 0 Å². The molecule has 46 valence electrons. The summed E-state index contributed by atoms with van der Waals surface area (Å²) in [5, 5.41) is 3.15. The van der Waals surface area contributed by atoms with Gasteiger partial charge in [-0.05, 0) is 25.4 Å². The van der Waals surface area contributed by atoms with Crippen molar-refractivity contribution in [1.82, 2.24) is 5.32 Å². The zero-order valence-electron chi connectivity index (χ0n) is 5.52. The molecule has 8 heavy (non-hydrogen) atoms. The van der Waals surface area contributed by atoms with E-state index >= 15 is 0 Å². The van der Waals surface area contributed by atoms with Crippen LogP contribution in [0.2, 0.25) is 0 Å². The van der Waals surface area contributed by atoms with Gasteiger partial charge in [-0.25, -0.2) is 0 Å². The summed E-state index contributed by atoms with van der Waals surface area (Å²) >= 11 is 0. The molecule has 1 N–H and O–H groups in total. The van der Waals surface area contributed by atoms with E-state index < -0.39 is 0 Å². The molecule has 0 saturated heterocycles. The zero-order chi connectivity index (χ0) is 5.98. The van der Waals surface area contributed by atoms with Crippen molar-refractivity contribution in [3.05, 3.63) is 12.2 Å². The van der Waals surface area contributed by atoms with Crippen LogP contribution in [0.5, 0.6) is 0 Å². The second-order valence-corrected chi connectivity index (χ2v) is 2.50. The molecule has 0 unspecified atom stereocenters. The van der Waals surface area contributed by atoms with Crippen LogP contribution in [-0.2, 0) is 0 Å². The van der Waals surface area contributed by atoms with Gasteiger partial charge in [0.1, 0.15) is 0 Å². The first-order valence-corrected chi connectivity index (χ1v) is 3.17. The average Bonchev–Trinajstić information content (AvgIpc) is 2.45. The molecule has 0 bridgehead atoms. The molecule has 0 amide bonds. The van der Waals surface area contributed by atoms with Crippen molar-refractivity contribution in [1.29, 1.82) is 0 Å². The Morgan fingerprint density at radius 2 is 2.25 bits per heavy atom. The van der Waals surface area contributed by atoms with E-state index in [1.807, 2.05) is 7.05 Å². The fourth-order valence-corrected chi connectivity index (χ4v) is 0.902. The van der Waals surface area contributed by atoms with Crippen LogP contribution in [-0.4, -0.2) is 13.6 Å². The van der Waals surface area contributed by atoms with Crippen LogP contribution >= 0.6 is 0 Å². The van der Waals surface area contributed by atoms with E-state index in [4.69, 9.17) is 0 Å². The molecular weight excluding hydrogens is 98.1 g/mol. The van der Waals surface area contributed by atoms with Crippen molar-refractivity contribution in [2.24, 2.45) is 11.8 Å². The second kappa shape index (κ2) is 2.31. The highest BCUT2D eigenvalue weighted by molar-refractivity contribution is 5.15. The Morgan fingerprint density at radius 3 is 2.62 bits per heavy atom. The average molecular weight is 111 g/mol. The Morgan fingerprint density at radius 1 is 1.62 bits per heavy atom. The van der Waals surface area contributed by atoms with Crippen molar-refractivity contribution in [3.8, 4) is 0 Å². The molecule has 1 heteroatoms. The first-order chi connectivity index (χ1) is 3.84. The molecule has 1 aliphatic rings. The normalized spacial score (nSPS) is 21.2. The molecule has 0 radical (unpaired) electrons. The largest absolute Gasteiger partial charge is 0.319 e. The van der Waals surface area contributed by atoms with Gasteiger partial charge in [0.05, 0.1) is 0 Å². The van der Waals surface area contributed by atoms with Gasteiger partial charge in [0.2, 0.25) is 0 Å². The van der Waals surface area contributed by atoms with Crippen molar-refractivity contribution in [2.75, 3.05) is 13.6 Å². The lowest BCUT2D eigenvalue weighted by molar-refractivity contribution is 0.509. The van der Waals surface area contributed by atoms with Crippen LogP contribution in [0, 0.1) is 11.8 Å². The summed E-state index contributed by atoms with van der Waals surface area (Å²) in [5.41, 5.74) is 0. The van der Waals surface area contributed by atoms with Gasteiger partial charge in [-0.2, -0.15) is 0 Å². The minimum absolute atomic E-state index is 0.806. The van der Waals surface area contributed by atoms with Crippen LogP contribution in [0.15, 0.2) is 12.2 Å². The van der Waals surface area contributed by atoms with Gasteiger partial charge >= 0.3 is 0 Å². The summed E-state index contributed by atoms with van der Waals surface area (Å²) in [5.74, 6) is 1.61. The van der Waals surface area contributed by atoms with Crippen molar-refractivity contribution >= 4 is 0 Å². The van der Waals surface area contributed by atoms with Gasteiger partial charge in [-0.15, -0.1) is 0 Å². The lowest BCUT2D eigenvalue weighted by atomic mass is 10.1. The fourth-order valence-electron chi connectivity index (χ4n) is 0.902. The molecule has 0 spiro atoms. The number of rotatable bonds is 3. The van der Waals surface area contributed by atoms with E-state index in [0.29, 0.717) is 0 Å². The summed E-state index contributed by atoms with van der Waals surface area (Å²) in [6.45, 7) is 3.40. The van der Waals surface area contributed by atoms with Gasteiger partial charge in [-0.1, -0.05) is 19.1 Å². The number of nitrogens with one attached hydrogen (secondary N) is 1.